The van der Waals surface area contributed by atoms with E-state index in [0.717, 1.165) is 18.2 Å². The molecule has 0 aliphatic carbocycles. The van der Waals surface area contributed by atoms with Crippen LogP contribution in [0.25, 0.3) is 11.6 Å². The molecule has 0 saturated heterocycles. The predicted octanol–water partition coefficient (Wildman–Crippen LogP) is 6.60. The Morgan fingerprint density at radius 3 is 2.60 bits per heavy atom. The third kappa shape index (κ3) is 6.18. The number of hydrogen-bond acceptors (Lipinski definition) is 5. The Bertz CT molecular complexity index is 1560. The van der Waals surface area contributed by atoms with E-state index in [1.54, 1.807) is 0 Å². The summed E-state index contributed by atoms with van der Waals surface area (Å²) in [5.74, 6) is -3.42. The zero-order valence-corrected chi connectivity index (χ0v) is 22.4. The number of halogens is 5. The number of anilines is 1. The van der Waals surface area contributed by atoms with Crippen molar-refractivity contribution in [1.82, 2.24) is 0 Å². The van der Waals surface area contributed by atoms with Gasteiger partial charge in [-0.1, -0.05) is 23.7 Å². The molecule has 1 N–H and O–H groups in total. The number of carboxylic acid groups (broad SMARTS) is 1. The van der Waals surface area contributed by atoms with E-state index < -0.39 is 63.2 Å². The van der Waals surface area contributed by atoms with Crippen LogP contribution in [0.3, 0.4) is 0 Å². The topological polar surface area (TPSA) is 93.1 Å². The van der Waals surface area contributed by atoms with Crippen LogP contribution in [0, 0.1) is 11.6 Å². The highest BCUT2D eigenvalue weighted by molar-refractivity contribution is 7.92. The number of ether oxygens (including phenoxy) is 2. The highest BCUT2D eigenvalue weighted by atomic mass is 35.5. The summed E-state index contributed by atoms with van der Waals surface area (Å²) in [6.45, 7) is -2.17. The minimum atomic E-state index is -4.60. The van der Waals surface area contributed by atoms with Crippen LogP contribution in [0.5, 0.6) is 11.5 Å². The van der Waals surface area contributed by atoms with Crippen LogP contribution < -0.4 is 13.8 Å². The lowest BCUT2D eigenvalue weighted by molar-refractivity contribution is -0.137. The maximum absolute atomic E-state index is 16.0. The van der Waals surface area contributed by atoms with Crippen LogP contribution in [0.4, 0.5) is 23.2 Å². The van der Waals surface area contributed by atoms with Crippen LogP contribution in [0.15, 0.2) is 59.5 Å². The lowest BCUT2D eigenvalue weighted by atomic mass is 10.0. The van der Waals surface area contributed by atoms with E-state index in [9.17, 15) is 26.4 Å². The number of hydrogen-bond donors (Lipinski definition) is 1. The van der Waals surface area contributed by atoms with E-state index in [4.69, 9.17) is 21.4 Å². The lowest BCUT2D eigenvalue weighted by Gasteiger charge is -2.36. The molecule has 13 heteroatoms. The van der Waals surface area contributed by atoms with E-state index in [2.05, 4.69) is 4.74 Å². The number of rotatable bonds is 9. The zero-order chi connectivity index (χ0) is 29.2. The van der Waals surface area contributed by atoms with Gasteiger partial charge in [0.25, 0.3) is 10.0 Å². The number of alkyl halides is 2. The third-order valence-corrected chi connectivity index (χ3v) is 8.13. The van der Waals surface area contributed by atoms with Crippen molar-refractivity contribution < 1.29 is 45.4 Å². The molecule has 40 heavy (non-hydrogen) atoms. The number of carbonyl (C=O) groups is 1. The Hall–Kier alpha value is -3.77. The first-order chi connectivity index (χ1) is 18.9. The lowest BCUT2D eigenvalue weighted by Crippen LogP contribution is -2.44. The van der Waals surface area contributed by atoms with Crippen LogP contribution in [-0.4, -0.2) is 38.8 Å². The minimum absolute atomic E-state index is 0.0339. The van der Waals surface area contributed by atoms with Gasteiger partial charge in [-0.25, -0.2) is 17.2 Å². The second-order valence-electron chi connectivity index (χ2n) is 8.80. The second kappa shape index (κ2) is 11.8. The Morgan fingerprint density at radius 1 is 1.20 bits per heavy atom. The van der Waals surface area contributed by atoms with Crippen LogP contribution >= 0.6 is 11.6 Å². The summed E-state index contributed by atoms with van der Waals surface area (Å²) in [5.41, 5.74) is -0.304. The molecule has 0 radical (unpaired) electrons. The molecular weight excluding hydrogens is 578 g/mol. The molecule has 1 atom stereocenters. The van der Waals surface area contributed by atoms with Gasteiger partial charge in [0, 0.05) is 23.6 Å². The van der Waals surface area contributed by atoms with Gasteiger partial charge >= 0.3 is 12.6 Å². The number of nitrogens with zero attached hydrogens (tertiary/aromatic N) is 1. The molecule has 0 spiro atoms. The van der Waals surface area contributed by atoms with Crippen molar-refractivity contribution in [2.75, 3.05) is 10.8 Å². The highest BCUT2D eigenvalue weighted by Crippen LogP contribution is 2.42. The quantitative estimate of drug-likeness (QED) is 0.220. The summed E-state index contributed by atoms with van der Waals surface area (Å²) in [6.07, 6.45) is -0.113. The van der Waals surface area contributed by atoms with Crippen LogP contribution in [-0.2, 0) is 14.8 Å². The van der Waals surface area contributed by atoms with Crippen molar-refractivity contribution in [2.24, 2.45) is 0 Å². The third-order valence-electron chi connectivity index (χ3n) is 6.05. The smallest absolute Gasteiger partial charge is 0.387 e. The van der Waals surface area contributed by atoms with E-state index in [1.807, 2.05) is 0 Å². The summed E-state index contributed by atoms with van der Waals surface area (Å²) in [6, 6.07) is 11.0. The number of benzene rings is 3. The second-order valence-corrected chi connectivity index (χ2v) is 11.1. The molecule has 1 aliphatic rings. The molecule has 212 valence electrons. The Morgan fingerprint density at radius 2 is 1.93 bits per heavy atom. The molecular formula is C27H22ClF4NO6S. The van der Waals surface area contributed by atoms with Crippen molar-refractivity contribution in [3.63, 3.8) is 0 Å². The molecule has 0 aromatic heterocycles. The van der Waals surface area contributed by atoms with Crippen molar-refractivity contribution in [2.45, 2.75) is 37.4 Å². The number of sulfonamides is 1. The van der Waals surface area contributed by atoms with Crippen molar-refractivity contribution in [3.05, 3.63) is 82.4 Å². The summed E-state index contributed by atoms with van der Waals surface area (Å²) < 4.78 is 94.2. The predicted molar refractivity (Wildman–Crippen MR) is 140 cm³/mol. The first kappa shape index (κ1) is 29.2. The zero-order valence-electron chi connectivity index (χ0n) is 20.8. The van der Waals surface area contributed by atoms with Gasteiger partial charge in [-0.15, -0.1) is 0 Å². The molecule has 0 bridgehead atoms. The normalized spacial score (nSPS) is 15.5. The fraction of sp³-hybridized carbons (Fsp3) is 0.222. The van der Waals surface area contributed by atoms with Gasteiger partial charge in [0.2, 0.25) is 0 Å². The largest absolute Gasteiger partial charge is 0.486 e. The van der Waals surface area contributed by atoms with E-state index in [0.29, 0.717) is 4.31 Å². The maximum atomic E-state index is 16.0. The molecule has 3 aromatic carbocycles. The molecule has 0 saturated carbocycles. The molecule has 1 aliphatic heterocycles. The highest BCUT2D eigenvalue weighted by Gasteiger charge is 2.37. The number of allylic oxidation sites excluding steroid dienone is 1. The summed E-state index contributed by atoms with van der Waals surface area (Å²) in [5, 5.41) is 9.17. The van der Waals surface area contributed by atoms with Crippen LogP contribution in [0.1, 0.15) is 30.9 Å². The maximum Gasteiger partial charge on any atom is 0.387 e. The Balaban J connectivity index is 1.83. The first-order valence-electron chi connectivity index (χ1n) is 11.8. The number of carboxylic acids is 1. The number of fused-ring (bicyclic) bond motifs is 1. The monoisotopic (exact) mass is 599 g/mol. The Labute approximate surface area is 232 Å². The standard InChI is InChI=1S/C27H22ClF4NO6S/c1-15(24-20(28)6-3-7-21(24)29)12-16-8-10-22-26(25(16)30)33(14-18(38-22)9-11-23(34)35)40(36,37)19-5-2-4-17(13-19)39-27(31)32/h2-8,10,12-13,18,27H,9,11,14H2,1H3,(H,34,35)/t18-/m0/s1. The van der Waals surface area contributed by atoms with Gasteiger partial charge in [0.1, 0.15) is 29.1 Å². The average Bonchev–Trinajstić information content (AvgIpc) is 2.88. The Kier molecular flexibility index (Phi) is 8.59. The van der Waals surface area contributed by atoms with Gasteiger partial charge in [0.05, 0.1) is 16.5 Å². The first-order valence-corrected chi connectivity index (χ1v) is 13.6. The van der Waals surface area contributed by atoms with Crippen LogP contribution in [0.2, 0.25) is 5.02 Å². The molecule has 7 nitrogen and oxygen atoms in total. The molecule has 0 unspecified atom stereocenters. The average molecular weight is 600 g/mol. The van der Waals surface area contributed by atoms with Crippen molar-refractivity contribution >= 4 is 44.9 Å². The fourth-order valence-electron chi connectivity index (χ4n) is 4.27. The fourth-order valence-corrected chi connectivity index (χ4v) is 6.12. The molecule has 4 rings (SSSR count). The van der Waals surface area contributed by atoms with E-state index in [-0.39, 0.29) is 40.3 Å². The SMILES string of the molecule is CC(=Cc1ccc2c(c1F)N(S(=O)(=O)c1cccc(OC(F)F)c1)C[C@H](CCC(=O)O)O2)c1c(F)cccc1Cl. The molecule has 3 aromatic rings. The van der Waals surface area contributed by atoms with Crippen molar-refractivity contribution in [1.29, 1.82) is 0 Å². The summed E-state index contributed by atoms with van der Waals surface area (Å²) in [7, 11) is -4.60. The van der Waals surface area contributed by atoms with Gasteiger partial charge in [-0.3, -0.25) is 9.10 Å². The van der Waals surface area contributed by atoms with Gasteiger partial charge < -0.3 is 14.6 Å². The summed E-state index contributed by atoms with van der Waals surface area (Å²) in [4.78, 5) is 10.6. The molecule has 0 fully saturated rings. The van der Waals surface area contributed by atoms with Gasteiger partial charge in [0.15, 0.2) is 5.82 Å². The molecule has 1 heterocycles. The number of aliphatic carboxylic acids is 1. The summed E-state index contributed by atoms with van der Waals surface area (Å²) >= 11 is 6.13. The minimum Gasteiger partial charge on any atom is -0.486 e. The van der Waals surface area contributed by atoms with E-state index in [1.165, 1.54) is 49.4 Å². The van der Waals surface area contributed by atoms with Gasteiger partial charge in [-0.2, -0.15) is 8.78 Å². The molecule has 0 amide bonds. The van der Waals surface area contributed by atoms with E-state index >= 15 is 4.39 Å². The van der Waals surface area contributed by atoms with Gasteiger partial charge in [-0.05, 0) is 61.4 Å². The van der Waals surface area contributed by atoms with Crippen molar-refractivity contribution in [3.8, 4) is 11.5 Å².